The van der Waals surface area contributed by atoms with Gasteiger partial charge in [-0.25, -0.2) is 4.31 Å². The summed E-state index contributed by atoms with van der Waals surface area (Å²) in [6.07, 6.45) is 2.57. The zero-order chi connectivity index (χ0) is 24.1. The first kappa shape index (κ1) is 27.3. The normalized spacial score (nSPS) is 13.1. The highest BCUT2D eigenvalue weighted by molar-refractivity contribution is 7.92. The van der Waals surface area contributed by atoms with Crippen molar-refractivity contribution < 1.29 is 18.6 Å². The number of nitrogens with one attached hydrogen (secondary N) is 1. The van der Waals surface area contributed by atoms with Crippen molar-refractivity contribution in [2.24, 2.45) is 0 Å². The van der Waals surface area contributed by atoms with Crippen LogP contribution < -0.4 is 5.32 Å². The van der Waals surface area contributed by atoms with Gasteiger partial charge in [-0.15, -0.1) is 0 Å². The molecule has 1 heterocycles. The Morgan fingerprint density at radius 1 is 1.26 bits per heavy atom. The van der Waals surface area contributed by atoms with E-state index in [0.29, 0.717) is 18.7 Å². The Bertz CT molecular complexity index is 1130. The van der Waals surface area contributed by atoms with Crippen molar-refractivity contribution in [2.45, 2.75) is 38.7 Å². The van der Waals surface area contributed by atoms with E-state index < -0.39 is 12.0 Å². The number of likely N-dealkylation sites (N-methyl/N-ethyl adjacent to an activating group) is 1. The average molecular weight is 516 g/mol. The van der Waals surface area contributed by atoms with Crippen LogP contribution >= 0.6 is 25.7 Å². The minimum Gasteiger partial charge on any atom is -0.378 e. The number of aliphatic hydroxyl groups excluding tert-OH is 1. The zero-order valence-electron chi connectivity index (χ0n) is 20.3. The van der Waals surface area contributed by atoms with Crippen LogP contribution in [0.25, 0.3) is 22.6 Å². The van der Waals surface area contributed by atoms with Crippen molar-refractivity contribution in [3.05, 3.63) is 64.7 Å². The summed E-state index contributed by atoms with van der Waals surface area (Å²) in [6, 6.07) is 14.1. The molecule has 2 N–H and O–H groups in total. The van der Waals surface area contributed by atoms with Gasteiger partial charge in [0.05, 0.1) is 19.3 Å². The Morgan fingerprint density at radius 2 is 2.03 bits per heavy atom. The van der Waals surface area contributed by atoms with Crippen molar-refractivity contribution in [3.8, 4) is 22.6 Å². The molecular formula is C26H33N3O4S2. The topological polar surface area (TPSA) is 87.8 Å². The molecule has 0 saturated carbocycles. The number of aromatic nitrogens is 1. The van der Waals surface area contributed by atoms with E-state index in [4.69, 9.17) is 8.71 Å². The van der Waals surface area contributed by atoms with Crippen LogP contribution in [0.3, 0.4) is 0 Å². The van der Waals surface area contributed by atoms with Crippen LogP contribution in [0.4, 0.5) is 0 Å². The third-order valence-corrected chi connectivity index (χ3v) is 6.65. The summed E-state index contributed by atoms with van der Waals surface area (Å²) in [6.45, 7) is 3.19. The number of carbonyl (C=O) groups excluding carboxylic acids is 1. The molecule has 1 atom stereocenters. The monoisotopic (exact) mass is 515 g/mol. The molecule has 9 heteroatoms. The standard InChI is InChI=1S/C26H31N3O4S.H2S/c1-4-5-17-6-8-18(9-7-17)25-22-13-10-19-16-20(11-12-21(19)23(22)28-33-25)24(30)26(31)27-14-15-29(2)34-32-3;/h6-9,11-12,16,24,30H,4-5,10,13-15H2,1-3H3,(H,27,31);1H2. The van der Waals surface area contributed by atoms with E-state index in [1.807, 2.05) is 23.5 Å². The summed E-state index contributed by atoms with van der Waals surface area (Å²) in [5.74, 6) is 0.409. The highest BCUT2D eigenvalue weighted by Crippen LogP contribution is 2.39. The Kier molecular flexibility index (Phi) is 9.82. The summed E-state index contributed by atoms with van der Waals surface area (Å²) in [5, 5.41) is 17.7. The van der Waals surface area contributed by atoms with Crippen LogP contribution in [0.1, 0.15) is 41.7 Å². The molecular weight excluding hydrogens is 482 g/mol. The van der Waals surface area contributed by atoms with Crippen LogP contribution in [0.5, 0.6) is 0 Å². The van der Waals surface area contributed by atoms with Gasteiger partial charge in [0, 0.05) is 29.8 Å². The van der Waals surface area contributed by atoms with Gasteiger partial charge in [0.15, 0.2) is 11.9 Å². The summed E-state index contributed by atoms with van der Waals surface area (Å²) in [4.78, 5) is 12.4. The zero-order valence-corrected chi connectivity index (χ0v) is 22.2. The van der Waals surface area contributed by atoms with Crippen molar-refractivity contribution in [1.82, 2.24) is 14.8 Å². The van der Waals surface area contributed by atoms with Crippen LogP contribution in [0, 0.1) is 0 Å². The molecule has 4 rings (SSSR count). The summed E-state index contributed by atoms with van der Waals surface area (Å²) >= 11 is 1.21. The molecule has 3 aromatic rings. The van der Waals surface area contributed by atoms with Gasteiger partial charge in [-0.2, -0.15) is 13.5 Å². The lowest BCUT2D eigenvalue weighted by atomic mass is 9.86. The molecule has 2 aromatic carbocycles. The first-order valence-corrected chi connectivity index (χ1v) is 12.3. The number of carbonyl (C=O) groups is 1. The number of hydrogen-bond donors (Lipinski definition) is 2. The second-order valence-electron chi connectivity index (χ2n) is 8.49. The van der Waals surface area contributed by atoms with Gasteiger partial charge < -0.3 is 19.1 Å². The molecule has 35 heavy (non-hydrogen) atoms. The van der Waals surface area contributed by atoms with Crippen molar-refractivity contribution in [3.63, 3.8) is 0 Å². The lowest BCUT2D eigenvalue weighted by Gasteiger charge is -2.19. The second kappa shape index (κ2) is 12.6. The van der Waals surface area contributed by atoms with Gasteiger partial charge in [0.2, 0.25) is 0 Å². The molecule has 0 bridgehead atoms. The van der Waals surface area contributed by atoms with Gasteiger partial charge in [-0.05, 0) is 43.0 Å². The van der Waals surface area contributed by atoms with E-state index in [1.54, 1.807) is 13.2 Å². The second-order valence-corrected chi connectivity index (χ2v) is 9.59. The fraction of sp³-hybridized carbons (Fsp3) is 0.385. The molecule has 188 valence electrons. The van der Waals surface area contributed by atoms with Crippen LogP contribution in [0.15, 0.2) is 47.0 Å². The Morgan fingerprint density at radius 3 is 2.74 bits per heavy atom. The van der Waals surface area contributed by atoms with Crippen molar-refractivity contribution in [1.29, 1.82) is 0 Å². The fourth-order valence-corrected chi connectivity index (χ4v) is 4.74. The summed E-state index contributed by atoms with van der Waals surface area (Å²) in [7, 11) is 3.46. The maximum absolute atomic E-state index is 12.4. The number of aliphatic hydroxyl groups is 1. The SMILES string of the molecule is CCCc1ccc(-c2onc3c2CCc2cc(C(O)C(=O)NCCN(C)SOC)ccc2-3)cc1.S. The number of nitrogens with zero attached hydrogens (tertiary/aromatic N) is 2. The fourth-order valence-electron chi connectivity index (χ4n) is 4.32. The third kappa shape index (κ3) is 6.29. The Labute approximate surface area is 218 Å². The quantitative estimate of drug-likeness (QED) is 0.304. The third-order valence-electron chi connectivity index (χ3n) is 6.06. The molecule has 1 aliphatic carbocycles. The molecule has 0 fully saturated rings. The number of amides is 1. The highest BCUT2D eigenvalue weighted by Gasteiger charge is 2.26. The van der Waals surface area contributed by atoms with Gasteiger partial charge >= 0.3 is 0 Å². The molecule has 0 aliphatic heterocycles. The van der Waals surface area contributed by atoms with Crippen LogP contribution in [-0.2, 0) is 28.2 Å². The van der Waals surface area contributed by atoms with E-state index in [1.165, 1.54) is 17.8 Å². The highest BCUT2D eigenvalue weighted by atomic mass is 32.2. The number of fused-ring (bicyclic) bond motifs is 3. The molecule has 0 radical (unpaired) electrons. The van der Waals surface area contributed by atoms with Gasteiger partial charge in [-0.1, -0.05) is 61.0 Å². The molecule has 1 aromatic heterocycles. The van der Waals surface area contributed by atoms with Gasteiger partial charge in [0.1, 0.15) is 5.69 Å². The smallest absolute Gasteiger partial charge is 0.253 e. The van der Waals surface area contributed by atoms with E-state index in [9.17, 15) is 9.90 Å². The molecule has 1 amide bonds. The van der Waals surface area contributed by atoms with E-state index >= 15 is 0 Å². The number of rotatable bonds is 10. The minimum absolute atomic E-state index is 0. The number of benzene rings is 2. The largest absolute Gasteiger partial charge is 0.378 e. The summed E-state index contributed by atoms with van der Waals surface area (Å²) in [5.41, 5.74) is 6.95. The molecule has 0 saturated heterocycles. The maximum atomic E-state index is 12.4. The van der Waals surface area contributed by atoms with E-state index in [2.05, 4.69) is 41.7 Å². The number of aryl methyl sites for hydroxylation is 2. The Hall–Kier alpha value is -2.30. The lowest BCUT2D eigenvalue weighted by Crippen LogP contribution is -2.34. The minimum atomic E-state index is -1.22. The average Bonchev–Trinajstić information content (AvgIpc) is 3.28. The maximum Gasteiger partial charge on any atom is 0.253 e. The predicted octanol–water partition coefficient (Wildman–Crippen LogP) is 4.46. The van der Waals surface area contributed by atoms with E-state index in [-0.39, 0.29) is 13.5 Å². The van der Waals surface area contributed by atoms with Gasteiger partial charge in [-0.3, -0.25) is 4.79 Å². The lowest BCUT2D eigenvalue weighted by molar-refractivity contribution is -0.129. The first-order chi connectivity index (χ1) is 16.5. The van der Waals surface area contributed by atoms with Crippen molar-refractivity contribution >= 4 is 31.6 Å². The first-order valence-electron chi connectivity index (χ1n) is 11.6. The molecule has 0 spiro atoms. The molecule has 1 aliphatic rings. The van der Waals surface area contributed by atoms with Crippen LogP contribution in [0.2, 0.25) is 0 Å². The van der Waals surface area contributed by atoms with Gasteiger partial charge in [0.25, 0.3) is 5.91 Å². The summed E-state index contributed by atoms with van der Waals surface area (Å²) < 4.78 is 12.6. The number of hydrogen-bond acceptors (Lipinski definition) is 7. The van der Waals surface area contributed by atoms with E-state index in [0.717, 1.165) is 59.4 Å². The predicted molar refractivity (Wildman–Crippen MR) is 144 cm³/mol. The van der Waals surface area contributed by atoms with Crippen molar-refractivity contribution in [2.75, 3.05) is 27.2 Å². The molecule has 7 nitrogen and oxygen atoms in total. The van der Waals surface area contributed by atoms with Crippen LogP contribution in [-0.4, -0.2) is 47.7 Å². The Balaban J connectivity index is 0.00000342. The molecule has 1 unspecified atom stereocenters.